The van der Waals surface area contributed by atoms with E-state index < -0.39 is 0 Å². The second kappa shape index (κ2) is 6.70. The van der Waals surface area contributed by atoms with Crippen LogP contribution in [-0.4, -0.2) is 58.1 Å². The van der Waals surface area contributed by atoms with Crippen molar-refractivity contribution >= 4 is 5.91 Å². The summed E-state index contributed by atoms with van der Waals surface area (Å²) in [4.78, 5) is 14.4. The minimum atomic E-state index is -0.326. The minimum Gasteiger partial charge on any atom is -0.394 e. The van der Waals surface area contributed by atoms with Gasteiger partial charge in [-0.3, -0.25) is 4.79 Å². The number of likely N-dealkylation sites (tertiary alicyclic amines) is 1. The SMILES string of the molecule is CO[C@@H]1C[C@@H](CO)N(C(=O)c2nn(-c3ccc(F)cc3)cc2C)C1. The van der Waals surface area contributed by atoms with Crippen molar-refractivity contribution < 1.29 is 19.0 Å². The van der Waals surface area contributed by atoms with E-state index in [9.17, 15) is 14.3 Å². The minimum absolute atomic E-state index is 0.0782. The number of nitrogens with zero attached hydrogens (tertiary/aromatic N) is 3. The molecule has 3 rings (SSSR count). The molecule has 0 bridgehead atoms. The lowest BCUT2D eigenvalue weighted by atomic mass is 10.2. The number of aryl methyl sites for hydroxylation is 1. The molecule has 1 aliphatic heterocycles. The Kier molecular flexibility index (Phi) is 4.64. The molecule has 0 radical (unpaired) electrons. The van der Waals surface area contributed by atoms with Crippen molar-refractivity contribution in [2.45, 2.75) is 25.5 Å². The number of rotatable bonds is 4. The fourth-order valence-electron chi connectivity index (χ4n) is 3.00. The molecule has 1 aliphatic rings. The molecule has 1 amide bonds. The normalized spacial score (nSPS) is 20.6. The monoisotopic (exact) mass is 333 g/mol. The van der Waals surface area contributed by atoms with Crippen LogP contribution in [0, 0.1) is 12.7 Å². The number of halogens is 1. The summed E-state index contributed by atoms with van der Waals surface area (Å²) in [6.07, 6.45) is 2.26. The maximum absolute atomic E-state index is 13.0. The maximum atomic E-state index is 13.0. The number of aliphatic hydroxyl groups excluding tert-OH is 1. The fraction of sp³-hybridized carbons (Fsp3) is 0.412. The number of carbonyl (C=O) groups excluding carboxylic acids is 1. The number of hydrogen-bond donors (Lipinski definition) is 1. The summed E-state index contributed by atoms with van der Waals surface area (Å²) in [6, 6.07) is 5.63. The van der Waals surface area contributed by atoms with Crippen molar-refractivity contribution in [1.29, 1.82) is 0 Å². The van der Waals surface area contributed by atoms with Gasteiger partial charge in [0.15, 0.2) is 5.69 Å². The summed E-state index contributed by atoms with van der Waals surface area (Å²) in [6.45, 7) is 2.13. The van der Waals surface area contributed by atoms with Gasteiger partial charge in [0, 0.05) is 25.4 Å². The molecule has 1 fully saturated rings. The van der Waals surface area contributed by atoms with Gasteiger partial charge in [0.2, 0.25) is 0 Å². The Hall–Kier alpha value is -2.25. The van der Waals surface area contributed by atoms with Gasteiger partial charge in [-0.05, 0) is 37.6 Å². The van der Waals surface area contributed by atoms with Crippen LogP contribution in [0.4, 0.5) is 4.39 Å². The zero-order valence-electron chi connectivity index (χ0n) is 13.6. The summed E-state index contributed by atoms with van der Waals surface area (Å²) in [7, 11) is 1.60. The van der Waals surface area contributed by atoms with Gasteiger partial charge in [-0.1, -0.05) is 0 Å². The molecule has 0 unspecified atom stereocenters. The Balaban J connectivity index is 1.87. The first-order chi connectivity index (χ1) is 11.5. The molecule has 1 aromatic heterocycles. The number of amides is 1. The number of benzene rings is 1. The molecule has 2 heterocycles. The predicted octanol–water partition coefficient (Wildman–Crippen LogP) is 1.54. The van der Waals surface area contributed by atoms with Crippen LogP contribution in [0.25, 0.3) is 5.69 Å². The highest BCUT2D eigenvalue weighted by atomic mass is 19.1. The smallest absolute Gasteiger partial charge is 0.275 e. The molecular formula is C17H20FN3O3. The quantitative estimate of drug-likeness (QED) is 0.922. The van der Waals surface area contributed by atoms with Crippen LogP contribution >= 0.6 is 0 Å². The first-order valence-electron chi connectivity index (χ1n) is 7.80. The first-order valence-corrected chi connectivity index (χ1v) is 7.80. The topological polar surface area (TPSA) is 67.6 Å². The highest BCUT2D eigenvalue weighted by molar-refractivity contribution is 5.94. The van der Waals surface area contributed by atoms with Crippen LogP contribution in [0.5, 0.6) is 0 Å². The van der Waals surface area contributed by atoms with Gasteiger partial charge in [0.1, 0.15) is 5.82 Å². The van der Waals surface area contributed by atoms with Crippen LogP contribution in [0.2, 0.25) is 0 Å². The number of carbonyl (C=O) groups is 1. The molecule has 0 aliphatic carbocycles. The fourth-order valence-corrected chi connectivity index (χ4v) is 3.00. The molecule has 1 saturated heterocycles. The van der Waals surface area contributed by atoms with Crippen LogP contribution in [0.1, 0.15) is 22.5 Å². The lowest BCUT2D eigenvalue weighted by Crippen LogP contribution is -2.38. The third kappa shape index (κ3) is 3.05. The molecule has 24 heavy (non-hydrogen) atoms. The molecular weight excluding hydrogens is 313 g/mol. The second-order valence-corrected chi connectivity index (χ2v) is 5.97. The average molecular weight is 333 g/mol. The Bertz CT molecular complexity index is 729. The molecule has 0 spiro atoms. The predicted molar refractivity (Wildman–Crippen MR) is 85.6 cm³/mol. The molecule has 6 nitrogen and oxygen atoms in total. The van der Waals surface area contributed by atoms with E-state index in [4.69, 9.17) is 4.74 Å². The summed E-state index contributed by atoms with van der Waals surface area (Å²) in [5, 5.41) is 13.9. The van der Waals surface area contributed by atoms with Crippen molar-refractivity contribution in [3.63, 3.8) is 0 Å². The summed E-state index contributed by atoms with van der Waals surface area (Å²) < 4.78 is 19.9. The summed E-state index contributed by atoms with van der Waals surface area (Å²) >= 11 is 0. The maximum Gasteiger partial charge on any atom is 0.275 e. The van der Waals surface area contributed by atoms with Gasteiger partial charge in [0.25, 0.3) is 5.91 Å². The van der Waals surface area contributed by atoms with Crippen LogP contribution < -0.4 is 0 Å². The lowest BCUT2D eigenvalue weighted by Gasteiger charge is -2.21. The second-order valence-electron chi connectivity index (χ2n) is 5.97. The molecule has 2 aromatic rings. The first kappa shape index (κ1) is 16.6. The van der Waals surface area contributed by atoms with E-state index in [1.54, 1.807) is 41.9 Å². The van der Waals surface area contributed by atoms with Crippen LogP contribution in [0.3, 0.4) is 0 Å². The van der Waals surface area contributed by atoms with Crippen molar-refractivity contribution in [2.75, 3.05) is 20.3 Å². The van der Waals surface area contributed by atoms with Gasteiger partial charge < -0.3 is 14.7 Å². The summed E-state index contributed by atoms with van der Waals surface area (Å²) in [5.74, 6) is -0.556. The zero-order valence-corrected chi connectivity index (χ0v) is 13.6. The van der Waals surface area contributed by atoms with Crippen molar-refractivity contribution in [3.05, 3.63) is 47.5 Å². The summed E-state index contributed by atoms with van der Waals surface area (Å²) in [5.41, 5.74) is 1.73. The van der Waals surface area contributed by atoms with Crippen molar-refractivity contribution in [1.82, 2.24) is 14.7 Å². The standard InChI is InChI=1S/C17H20FN3O3/c1-11-8-21(13-5-3-12(18)4-6-13)19-16(11)17(23)20-9-15(24-2)7-14(20)10-22/h3-6,8,14-15,22H,7,9-10H2,1-2H3/t14-,15+/m0/s1. The Morgan fingerprint density at radius 3 is 2.75 bits per heavy atom. The number of aliphatic hydroxyl groups is 1. The largest absolute Gasteiger partial charge is 0.394 e. The molecule has 0 saturated carbocycles. The Morgan fingerprint density at radius 1 is 1.42 bits per heavy atom. The van der Waals surface area contributed by atoms with Gasteiger partial charge in [-0.15, -0.1) is 0 Å². The Morgan fingerprint density at radius 2 is 2.12 bits per heavy atom. The highest BCUT2D eigenvalue weighted by Gasteiger charge is 2.36. The number of methoxy groups -OCH3 is 1. The van der Waals surface area contributed by atoms with Crippen LogP contribution in [0.15, 0.2) is 30.5 Å². The van der Waals surface area contributed by atoms with E-state index in [-0.39, 0.29) is 30.5 Å². The number of aromatic nitrogens is 2. The van der Waals surface area contributed by atoms with E-state index in [0.717, 1.165) is 5.56 Å². The molecule has 2 atom stereocenters. The van der Waals surface area contributed by atoms with Crippen LogP contribution in [-0.2, 0) is 4.74 Å². The van der Waals surface area contributed by atoms with Gasteiger partial charge in [0.05, 0.1) is 24.4 Å². The van der Waals surface area contributed by atoms with Gasteiger partial charge in [-0.25, -0.2) is 9.07 Å². The lowest BCUT2D eigenvalue weighted by molar-refractivity contribution is 0.0641. The van der Waals surface area contributed by atoms with E-state index >= 15 is 0 Å². The van der Waals surface area contributed by atoms with Gasteiger partial charge in [-0.2, -0.15) is 5.10 Å². The third-order valence-corrected chi connectivity index (χ3v) is 4.37. The molecule has 7 heteroatoms. The molecule has 128 valence electrons. The average Bonchev–Trinajstić information content (AvgIpc) is 3.18. The van der Waals surface area contributed by atoms with Gasteiger partial charge >= 0.3 is 0 Å². The van der Waals surface area contributed by atoms with Crippen molar-refractivity contribution in [3.8, 4) is 5.69 Å². The third-order valence-electron chi connectivity index (χ3n) is 4.37. The number of hydrogen-bond acceptors (Lipinski definition) is 4. The Labute approximate surface area is 139 Å². The number of ether oxygens (including phenoxy) is 1. The zero-order chi connectivity index (χ0) is 17.3. The van der Waals surface area contributed by atoms with Crippen molar-refractivity contribution in [2.24, 2.45) is 0 Å². The van der Waals surface area contributed by atoms with E-state index in [1.807, 2.05) is 0 Å². The van der Waals surface area contributed by atoms with E-state index in [2.05, 4.69) is 5.10 Å². The molecule has 1 aromatic carbocycles. The van der Waals surface area contributed by atoms with E-state index in [1.165, 1.54) is 12.1 Å². The molecule has 1 N–H and O–H groups in total. The van der Waals surface area contributed by atoms with E-state index in [0.29, 0.717) is 24.3 Å². The highest BCUT2D eigenvalue weighted by Crippen LogP contribution is 2.23.